The molecule has 1 aliphatic carbocycles. The van der Waals surface area contributed by atoms with Crippen molar-refractivity contribution < 1.29 is 5.11 Å². The highest BCUT2D eigenvalue weighted by Crippen LogP contribution is 2.28. The molecule has 0 radical (unpaired) electrons. The van der Waals surface area contributed by atoms with Gasteiger partial charge in [0, 0.05) is 30.2 Å². The number of rotatable bonds is 10. The standard InChI is InChI=1S/C17H27ClN2O/c1-2-10-19-17(14-3-5-15(18)6-4-14)9-11-20(12-13-21)16-7-8-16/h3-6,16-17,19,21H,2,7-13H2,1H3. The minimum Gasteiger partial charge on any atom is -0.395 e. The third-order valence-electron chi connectivity index (χ3n) is 4.07. The first-order valence-corrected chi connectivity index (χ1v) is 8.46. The quantitative estimate of drug-likeness (QED) is 0.696. The number of halogens is 1. The van der Waals surface area contributed by atoms with Crippen molar-refractivity contribution in [2.45, 2.75) is 44.7 Å². The molecule has 0 bridgehead atoms. The van der Waals surface area contributed by atoms with Crippen LogP contribution in [0.25, 0.3) is 0 Å². The predicted octanol–water partition coefficient (Wildman–Crippen LogP) is 3.23. The summed E-state index contributed by atoms with van der Waals surface area (Å²) in [6.45, 7) is 5.30. The van der Waals surface area contributed by atoms with Crippen LogP contribution in [0.5, 0.6) is 0 Å². The van der Waals surface area contributed by atoms with Gasteiger partial charge in [0.05, 0.1) is 6.61 Å². The summed E-state index contributed by atoms with van der Waals surface area (Å²) in [6.07, 6.45) is 4.77. The van der Waals surface area contributed by atoms with Crippen molar-refractivity contribution in [2.24, 2.45) is 0 Å². The molecule has 0 saturated heterocycles. The molecule has 1 saturated carbocycles. The summed E-state index contributed by atoms with van der Waals surface area (Å²) < 4.78 is 0. The van der Waals surface area contributed by atoms with Gasteiger partial charge in [-0.15, -0.1) is 0 Å². The molecule has 0 heterocycles. The summed E-state index contributed by atoms with van der Waals surface area (Å²) in [5.74, 6) is 0. The Hall–Kier alpha value is -0.610. The van der Waals surface area contributed by atoms with Crippen LogP contribution in [-0.4, -0.2) is 42.3 Å². The molecule has 1 fully saturated rings. The van der Waals surface area contributed by atoms with Crippen molar-refractivity contribution in [3.8, 4) is 0 Å². The van der Waals surface area contributed by atoms with E-state index in [2.05, 4.69) is 29.3 Å². The molecule has 3 nitrogen and oxygen atoms in total. The van der Waals surface area contributed by atoms with Gasteiger partial charge < -0.3 is 10.4 Å². The van der Waals surface area contributed by atoms with Crippen molar-refractivity contribution >= 4 is 11.6 Å². The first kappa shape index (κ1) is 16.8. The van der Waals surface area contributed by atoms with Crippen LogP contribution < -0.4 is 5.32 Å². The lowest BCUT2D eigenvalue weighted by Crippen LogP contribution is -2.33. The topological polar surface area (TPSA) is 35.5 Å². The fourth-order valence-corrected chi connectivity index (χ4v) is 2.87. The molecule has 1 aliphatic rings. The van der Waals surface area contributed by atoms with E-state index in [4.69, 9.17) is 11.6 Å². The first-order valence-electron chi connectivity index (χ1n) is 8.08. The van der Waals surface area contributed by atoms with Gasteiger partial charge in [-0.25, -0.2) is 0 Å². The molecule has 0 amide bonds. The average Bonchev–Trinajstić information content (AvgIpc) is 3.32. The molecule has 1 aromatic carbocycles. The van der Waals surface area contributed by atoms with Crippen molar-refractivity contribution in [3.63, 3.8) is 0 Å². The maximum absolute atomic E-state index is 9.20. The monoisotopic (exact) mass is 310 g/mol. The lowest BCUT2D eigenvalue weighted by atomic mass is 10.0. The first-order chi connectivity index (χ1) is 10.2. The van der Waals surface area contributed by atoms with Crippen LogP contribution in [0.15, 0.2) is 24.3 Å². The molecule has 4 heteroatoms. The molecule has 1 atom stereocenters. The molecule has 1 aromatic rings. The molecule has 2 N–H and O–H groups in total. The largest absolute Gasteiger partial charge is 0.395 e. The van der Waals surface area contributed by atoms with Crippen LogP contribution in [0.3, 0.4) is 0 Å². The lowest BCUT2D eigenvalue weighted by Gasteiger charge is -2.25. The van der Waals surface area contributed by atoms with E-state index in [1.54, 1.807) is 0 Å². The molecule has 21 heavy (non-hydrogen) atoms. The summed E-state index contributed by atoms with van der Waals surface area (Å²) in [5.41, 5.74) is 1.30. The molecular formula is C17H27ClN2O. The summed E-state index contributed by atoms with van der Waals surface area (Å²) in [4.78, 5) is 2.43. The number of hydrogen-bond donors (Lipinski definition) is 2. The summed E-state index contributed by atoms with van der Waals surface area (Å²) in [6, 6.07) is 9.22. The van der Waals surface area contributed by atoms with Crippen LogP contribution in [0.1, 0.15) is 44.2 Å². The molecule has 118 valence electrons. The van der Waals surface area contributed by atoms with Crippen LogP contribution in [0, 0.1) is 0 Å². The number of aliphatic hydroxyl groups excluding tert-OH is 1. The van der Waals surface area contributed by atoms with Crippen molar-refractivity contribution in [1.29, 1.82) is 0 Å². The van der Waals surface area contributed by atoms with E-state index in [0.29, 0.717) is 12.1 Å². The van der Waals surface area contributed by atoms with Gasteiger partial charge in [0.15, 0.2) is 0 Å². The number of benzene rings is 1. The smallest absolute Gasteiger partial charge is 0.0558 e. The van der Waals surface area contributed by atoms with Crippen LogP contribution in [0.2, 0.25) is 5.02 Å². The molecule has 0 aromatic heterocycles. The number of nitrogens with one attached hydrogen (secondary N) is 1. The summed E-state index contributed by atoms with van der Waals surface area (Å²) >= 11 is 5.98. The molecule has 1 unspecified atom stereocenters. The van der Waals surface area contributed by atoms with Crippen molar-refractivity contribution in [1.82, 2.24) is 10.2 Å². The fraction of sp³-hybridized carbons (Fsp3) is 0.647. The minimum atomic E-state index is 0.254. The maximum atomic E-state index is 9.20. The molecular weight excluding hydrogens is 284 g/mol. The van der Waals surface area contributed by atoms with E-state index in [0.717, 1.165) is 37.5 Å². The summed E-state index contributed by atoms with van der Waals surface area (Å²) in [5, 5.41) is 13.6. The normalized spacial score (nSPS) is 16.4. The number of hydrogen-bond acceptors (Lipinski definition) is 3. The van der Waals surface area contributed by atoms with Gasteiger partial charge in [-0.05, 0) is 49.9 Å². The Bertz CT molecular complexity index is 406. The molecule has 0 aliphatic heterocycles. The van der Waals surface area contributed by atoms with Crippen LogP contribution in [0.4, 0.5) is 0 Å². The van der Waals surface area contributed by atoms with Crippen molar-refractivity contribution in [3.05, 3.63) is 34.9 Å². The van der Waals surface area contributed by atoms with E-state index in [1.807, 2.05) is 12.1 Å². The van der Waals surface area contributed by atoms with Gasteiger partial charge in [0.2, 0.25) is 0 Å². The Kier molecular flexibility index (Phi) is 6.97. The highest BCUT2D eigenvalue weighted by Gasteiger charge is 2.28. The predicted molar refractivity (Wildman–Crippen MR) is 88.8 cm³/mol. The zero-order valence-electron chi connectivity index (χ0n) is 12.9. The van der Waals surface area contributed by atoms with Crippen molar-refractivity contribution in [2.75, 3.05) is 26.2 Å². The number of nitrogens with zero attached hydrogens (tertiary/aromatic N) is 1. The van der Waals surface area contributed by atoms with Crippen LogP contribution in [-0.2, 0) is 0 Å². The zero-order valence-corrected chi connectivity index (χ0v) is 13.6. The van der Waals surface area contributed by atoms with Gasteiger partial charge in [-0.2, -0.15) is 0 Å². The lowest BCUT2D eigenvalue weighted by molar-refractivity contribution is 0.182. The number of aliphatic hydroxyl groups is 1. The second kappa shape index (κ2) is 8.74. The van der Waals surface area contributed by atoms with E-state index in [1.165, 1.54) is 18.4 Å². The molecule has 2 rings (SSSR count). The second-order valence-corrected chi connectivity index (χ2v) is 6.27. The molecule has 0 spiro atoms. The fourth-order valence-electron chi connectivity index (χ4n) is 2.74. The highest BCUT2D eigenvalue weighted by atomic mass is 35.5. The van der Waals surface area contributed by atoms with Crippen LogP contribution >= 0.6 is 11.6 Å². The van der Waals surface area contributed by atoms with Gasteiger partial charge in [0.1, 0.15) is 0 Å². The Morgan fingerprint density at radius 3 is 2.57 bits per heavy atom. The Morgan fingerprint density at radius 2 is 2.00 bits per heavy atom. The Morgan fingerprint density at radius 1 is 1.29 bits per heavy atom. The van der Waals surface area contributed by atoms with Gasteiger partial charge >= 0.3 is 0 Å². The highest BCUT2D eigenvalue weighted by molar-refractivity contribution is 6.30. The third kappa shape index (κ3) is 5.59. The Balaban J connectivity index is 1.93. The third-order valence-corrected chi connectivity index (χ3v) is 4.32. The van der Waals surface area contributed by atoms with E-state index in [9.17, 15) is 5.11 Å². The van der Waals surface area contributed by atoms with Gasteiger partial charge in [0.25, 0.3) is 0 Å². The summed E-state index contributed by atoms with van der Waals surface area (Å²) in [7, 11) is 0. The maximum Gasteiger partial charge on any atom is 0.0558 e. The minimum absolute atomic E-state index is 0.254. The van der Waals surface area contributed by atoms with Gasteiger partial charge in [-0.3, -0.25) is 4.90 Å². The Labute approximate surface area is 133 Å². The second-order valence-electron chi connectivity index (χ2n) is 5.84. The van der Waals surface area contributed by atoms with E-state index >= 15 is 0 Å². The zero-order chi connectivity index (χ0) is 15.1. The van der Waals surface area contributed by atoms with E-state index < -0.39 is 0 Å². The van der Waals surface area contributed by atoms with Gasteiger partial charge in [-0.1, -0.05) is 30.7 Å². The SMILES string of the molecule is CCCNC(CCN(CCO)C1CC1)c1ccc(Cl)cc1. The van der Waals surface area contributed by atoms with E-state index in [-0.39, 0.29) is 6.61 Å². The average molecular weight is 311 g/mol.